The van der Waals surface area contributed by atoms with Gasteiger partial charge in [0.05, 0.1) is 17.9 Å². The van der Waals surface area contributed by atoms with E-state index in [2.05, 4.69) is 40.2 Å². The summed E-state index contributed by atoms with van der Waals surface area (Å²) in [4.78, 5) is 20.2. The minimum atomic E-state index is 0.00468. The Morgan fingerprint density at radius 3 is 2.65 bits per heavy atom. The Balaban J connectivity index is 1.06. The lowest BCUT2D eigenvalue weighted by Crippen LogP contribution is -2.54. The molecular weight excluding hydrogens is 466 g/mol. The van der Waals surface area contributed by atoms with E-state index in [1.165, 1.54) is 11.1 Å². The molecule has 4 heterocycles. The number of benzene rings is 1. The van der Waals surface area contributed by atoms with Crippen molar-refractivity contribution >= 4 is 11.6 Å². The Kier molecular flexibility index (Phi) is 6.86. The van der Waals surface area contributed by atoms with Crippen molar-refractivity contribution in [2.75, 3.05) is 37.6 Å². The predicted molar refractivity (Wildman–Crippen MR) is 141 cm³/mol. The van der Waals surface area contributed by atoms with Crippen molar-refractivity contribution in [3.8, 4) is 0 Å². The van der Waals surface area contributed by atoms with Crippen molar-refractivity contribution in [1.82, 2.24) is 9.80 Å². The summed E-state index contributed by atoms with van der Waals surface area (Å²) in [5, 5.41) is 0. The quantitative estimate of drug-likeness (QED) is 0.544. The van der Waals surface area contributed by atoms with Crippen LogP contribution in [0.1, 0.15) is 41.6 Å². The molecule has 0 bridgehead atoms. The van der Waals surface area contributed by atoms with E-state index >= 15 is 0 Å². The highest BCUT2D eigenvalue weighted by Crippen LogP contribution is 2.33. The molecule has 0 saturated carbocycles. The largest absolute Gasteiger partial charge is 0.472 e. The molecule has 1 aromatic carbocycles. The Bertz CT molecular complexity index is 1240. The molecule has 1 aliphatic carbocycles. The number of para-hydroxylation sites is 1. The molecule has 6 rings (SSSR count). The zero-order chi connectivity index (χ0) is 25.0. The Hall–Kier alpha value is -3.71. The maximum absolute atomic E-state index is 13.5. The number of carbonyl (C=O) groups excluding carboxylic acids is 1. The monoisotopic (exact) mass is 499 g/mol. The molecule has 1 amide bonds. The van der Waals surface area contributed by atoms with Gasteiger partial charge < -0.3 is 23.7 Å². The van der Waals surface area contributed by atoms with Crippen molar-refractivity contribution < 1.29 is 18.7 Å². The van der Waals surface area contributed by atoms with E-state index in [1.807, 2.05) is 17.0 Å². The highest BCUT2D eigenvalue weighted by molar-refractivity contribution is 6.07. The number of ether oxygens (including phenoxy) is 2. The average molecular weight is 500 g/mol. The Labute approximate surface area is 217 Å². The summed E-state index contributed by atoms with van der Waals surface area (Å²) in [5.41, 5.74) is 4.21. The highest BCUT2D eigenvalue weighted by atomic mass is 16.6. The van der Waals surface area contributed by atoms with Crippen molar-refractivity contribution in [3.63, 3.8) is 0 Å². The van der Waals surface area contributed by atoms with E-state index in [-0.39, 0.29) is 11.9 Å². The number of anilines is 1. The van der Waals surface area contributed by atoms with Gasteiger partial charge >= 0.3 is 0 Å². The van der Waals surface area contributed by atoms with Crippen LogP contribution in [0.4, 0.5) is 5.69 Å². The third-order valence-electron chi connectivity index (χ3n) is 7.63. The van der Waals surface area contributed by atoms with Crippen LogP contribution in [0, 0.1) is 0 Å². The topological polar surface area (TPSA) is 58.4 Å². The van der Waals surface area contributed by atoms with Gasteiger partial charge in [0.1, 0.15) is 18.3 Å². The van der Waals surface area contributed by atoms with Crippen LogP contribution < -0.4 is 4.90 Å². The number of amides is 1. The summed E-state index contributed by atoms with van der Waals surface area (Å²) in [6, 6.07) is 10.1. The molecule has 37 heavy (non-hydrogen) atoms. The van der Waals surface area contributed by atoms with E-state index in [0.717, 1.165) is 82.2 Å². The van der Waals surface area contributed by atoms with Gasteiger partial charge in [0.15, 0.2) is 6.26 Å². The third kappa shape index (κ3) is 5.23. The SMILES string of the molecule is O=C(c1ccoc1)N1c2ccccc2CCC1CN1CCN(C2=COC(CC3=CC=CCC3)=CO2)CC1. The average Bonchev–Trinajstić information content (AvgIpc) is 3.49. The molecule has 7 nitrogen and oxygen atoms in total. The Morgan fingerprint density at radius 1 is 1.00 bits per heavy atom. The summed E-state index contributed by atoms with van der Waals surface area (Å²) in [6.45, 7) is 4.36. The minimum Gasteiger partial charge on any atom is -0.472 e. The lowest BCUT2D eigenvalue weighted by Gasteiger charge is -2.42. The number of allylic oxidation sites excluding steroid dienone is 4. The third-order valence-corrected chi connectivity index (χ3v) is 7.63. The molecule has 7 heteroatoms. The number of aryl methyl sites for hydroxylation is 1. The second-order valence-corrected chi connectivity index (χ2v) is 10.0. The van der Waals surface area contributed by atoms with Crippen LogP contribution in [-0.2, 0) is 15.9 Å². The zero-order valence-electron chi connectivity index (χ0n) is 21.1. The van der Waals surface area contributed by atoms with Crippen LogP contribution in [-0.4, -0.2) is 54.5 Å². The van der Waals surface area contributed by atoms with Gasteiger partial charge in [-0.2, -0.15) is 0 Å². The van der Waals surface area contributed by atoms with Gasteiger partial charge in [0, 0.05) is 44.8 Å². The number of piperazine rings is 1. The van der Waals surface area contributed by atoms with Crippen molar-refractivity contribution in [2.24, 2.45) is 0 Å². The molecular formula is C30H33N3O4. The van der Waals surface area contributed by atoms with Gasteiger partial charge in [-0.1, -0.05) is 42.0 Å². The normalized spacial score (nSPS) is 21.8. The fourth-order valence-electron chi connectivity index (χ4n) is 5.59. The number of rotatable bonds is 6. The van der Waals surface area contributed by atoms with Gasteiger partial charge in [0.2, 0.25) is 5.88 Å². The van der Waals surface area contributed by atoms with E-state index in [0.29, 0.717) is 5.56 Å². The van der Waals surface area contributed by atoms with Crippen molar-refractivity contribution in [1.29, 1.82) is 0 Å². The lowest BCUT2D eigenvalue weighted by molar-refractivity contribution is 0.0777. The van der Waals surface area contributed by atoms with E-state index < -0.39 is 0 Å². The fraction of sp³-hybridized carbons (Fsp3) is 0.367. The molecule has 0 spiro atoms. The molecule has 2 aromatic rings. The second-order valence-electron chi connectivity index (χ2n) is 10.0. The molecule has 3 aliphatic heterocycles. The molecule has 0 N–H and O–H groups in total. The first-order valence-electron chi connectivity index (χ1n) is 13.2. The van der Waals surface area contributed by atoms with Crippen LogP contribution in [0.15, 0.2) is 95.2 Å². The van der Waals surface area contributed by atoms with Gasteiger partial charge in [-0.3, -0.25) is 9.69 Å². The van der Waals surface area contributed by atoms with E-state index in [1.54, 1.807) is 31.1 Å². The predicted octanol–water partition coefficient (Wildman–Crippen LogP) is 5.21. The summed E-state index contributed by atoms with van der Waals surface area (Å²) in [5.74, 6) is 1.62. The fourth-order valence-corrected chi connectivity index (χ4v) is 5.59. The molecule has 192 valence electrons. The number of fused-ring (bicyclic) bond motifs is 1. The number of carbonyl (C=O) groups is 1. The zero-order valence-corrected chi connectivity index (χ0v) is 21.1. The first-order valence-corrected chi connectivity index (χ1v) is 13.2. The highest BCUT2D eigenvalue weighted by Gasteiger charge is 2.34. The number of hydrogen-bond donors (Lipinski definition) is 0. The van der Waals surface area contributed by atoms with Crippen LogP contribution in [0.25, 0.3) is 0 Å². The second kappa shape index (κ2) is 10.7. The molecule has 1 atom stereocenters. The molecule has 0 radical (unpaired) electrons. The first-order chi connectivity index (χ1) is 18.2. The van der Waals surface area contributed by atoms with Gasteiger partial charge in [-0.25, -0.2) is 0 Å². The number of furan rings is 1. The number of nitrogens with zero attached hydrogens (tertiary/aromatic N) is 3. The van der Waals surface area contributed by atoms with Crippen LogP contribution in [0.2, 0.25) is 0 Å². The molecule has 1 unspecified atom stereocenters. The van der Waals surface area contributed by atoms with Gasteiger partial charge in [0.25, 0.3) is 5.91 Å². The van der Waals surface area contributed by atoms with E-state index in [4.69, 9.17) is 13.9 Å². The molecule has 1 aromatic heterocycles. The molecule has 4 aliphatic rings. The van der Waals surface area contributed by atoms with Crippen LogP contribution in [0.3, 0.4) is 0 Å². The molecule has 1 saturated heterocycles. The lowest BCUT2D eigenvalue weighted by atomic mass is 9.94. The van der Waals surface area contributed by atoms with Crippen molar-refractivity contribution in [3.05, 3.63) is 102 Å². The smallest absolute Gasteiger partial charge is 0.261 e. The number of hydrogen-bond acceptors (Lipinski definition) is 6. The Morgan fingerprint density at radius 2 is 1.89 bits per heavy atom. The van der Waals surface area contributed by atoms with E-state index in [9.17, 15) is 4.79 Å². The van der Waals surface area contributed by atoms with Crippen LogP contribution in [0.5, 0.6) is 0 Å². The summed E-state index contributed by atoms with van der Waals surface area (Å²) < 4.78 is 17.1. The molecule has 1 fully saturated rings. The minimum absolute atomic E-state index is 0.00468. The first kappa shape index (κ1) is 23.7. The van der Waals surface area contributed by atoms with Gasteiger partial charge in [-0.05, 0) is 43.4 Å². The van der Waals surface area contributed by atoms with Crippen LogP contribution >= 0.6 is 0 Å². The summed E-state index contributed by atoms with van der Waals surface area (Å²) in [7, 11) is 0. The van der Waals surface area contributed by atoms with Crippen molar-refractivity contribution in [2.45, 2.75) is 38.1 Å². The van der Waals surface area contributed by atoms with Gasteiger partial charge in [-0.15, -0.1) is 0 Å². The maximum Gasteiger partial charge on any atom is 0.261 e. The summed E-state index contributed by atoms with van der Waals surface area (Å²) in [6.07, 6.45) is 18.0. The standard InChI is InChI=1S/C30H33N3O4/c34-30(25-12-17-35-20-25)33-26(11-10-24-8-4-5-9-28(24)33)19-31-13-15-32(16-14-31)29-22-36-27(21-37-29)18-23-6-2-1-3-7-23/h1-2,4-6,8-9,12,17,20-22,26H,3,7,10-11,13-16,18-19H2. The maximum atomic E-state index is 13.5. The summed E-state index contributed by atoms with van der Waals surface area (Å²) >= 11 is 0.